The Morgan fingerprint density at radius 1 is 0.783 bits per heavy atom. The molecule has 0 fully saturated rings. The van der Waals surface area contributed by atoms with E-state index in [9.17, 15) is 43.5 Å². The molecular weight excluding hydrogens is 364 g/mol. The zero-order chi connectivity index (χ0) is 18.7. The topological polar surface area (TPSA) is 54.4 Å². The van der Waals surface area contributed by atoms with Crippen LogP contribution >= 0.6 is 0 Å². The molecule has 0 aliphatic heterocycles. The fraction of sp³-hybridized carbons (Fsp3) is 1.00. The summed E-state index contributed by atoms with van der Waals surface area (Å²) in [6, 6.07) is 0. The fourth-order valence-corrected chi connectivity index (χ4v) is 2.13. The fourth-order valence-electron chi connectivity index (χ4n) is 1.68. The number of hydrogen-bond donors (Lipinski definition) is 1. The van der Waals surface area contributed by atoms with Gasteiger partial charge in [-0.2, -0.15) is 43.5 Å². The molecule has 0 aromatic rings. The van der Waals surface area contributed by atoms with E-state index < -0.39 is 46.0 Å². The molecule has 0 amide bonds. The van der Waals surface area contributed by atoms with Crippen molar-refractivity contribution in [2.45, 2.75) is 68.5 Å². The molecule has 0 rings (SSSR count). The Kier molecular flexibility index (Phi) is 6.88. The van der Waals surface area contributed by atoms with Crippen LogP contribution in [0.1, 0.15) is 45.4 Å². The Balaban J connectivity index is 5.34. The Morgan fingerprint density at radius 2 is 1.22 bits per heavy atom. The highest BCUT2D eigenvalue weighted by Crippen LogP contribution is 2.55. The summed E-state index contributed by atoms with van der Waals surface area (Å²) in [4.78, 5) is 0. The van der Waals surface area contributed by atoms with Gasteiger partial charge in [0.25, 0.3) is 0 Å². The summed E-state index contributed by atoms with van der Waals surface area (Å²) in [5.74, 6) is -19.3. The quantitative estimate of drug-likeness (QED) is 0.339. The third kappa shape index (κ3) is 4.25. The summed E-state index contributed by atoms with van der Waals surface area (Å²) < 4.78 is 133. The molecule has 12 heteroatoms. The molecule has 0 radical (unpaired) electrons. The molecule has 0 saturated carbocycles. The molecule has 0 aromatic heterocycles. The Hall–Kier alpha value is -0.650. The average molecular weight is 380 g/mol. The van der Waals surface area contributed by atoms with E-state index in [1.54, 1.807) is 6.92 Å². The number of halogens is 8. The zero-order valence-corrected chi connectivity index (χ0v) is 12.8. The van der Waals surface area contributed by atoms with Crippen LogP contribution in [-0.2, 0) is 10.1 Å². The van der Waals surface area contributed by atoms with Crippen LogP contribution in [0.25, 0.3) is 0 Å². The van der Waals surface area contributed by atoms with E-state index in [1.165, 1.54) is 0 Å². The highest BCUT2D eigenvalue weighted by molar-refractivity contribution is 7.87. The minimum Gasteiger partial charge on any atom is -0.281 e. The van der Waals surface area contributed by atoms with Gasteiger partial charge in [0.1, 0.15) is 0 Å². The van der Waals surface area contributed by atoms with E-state index in [2.05, 4.69) is 0 Å². The first kappa shape index (κ1) is 22.4. The van der Waals surface area contributed by atoms with Gasteiger partial charge >= 0.3 is 33.1 Å². The molecule has 23 heavy (non-hydrogen) atoms. The van der Waals surface area contributed by atoms with Gasteiger partial charge in [0.2, 0.25) is 0 Å². The number of hydrogen-bond acceptors (Lipinski definition) is 2. The minimum atomic E-state index is -7.03. The van der Waals surface area contributed by atoms with E-state index in [1.807, 2.05) is 0 Å². The van der Waals surface area contributed by atoms with Crippen LogP contribution in [0.5, 0.6) is 0 Å². The molecule has 0 atom stereocenters. The monoisotopic (exact) mass is 380 g/mol. The number of alkyl halides is 8. The normalized spacial score (nSPS) is 15.0. The summed E-state index contributed by atoms with van der Waals surface area (Å²) in [5, 5.41) is -6.77. The lowest BCUT2D eigenvalue weighted by molar-refractivity contribution is -0.349. The van der Waals surface area contributed by atoms with Crippen molar-refractivity contribution in [2.75, 3.05) is 0 Å². The van der Waals surface area contributed by atoms with Gasteiger partial charge < -0.3 is 0 Å². The molecule has 0 spiro atoms. The van der Waals surface area contributed by atoms with E-state index in [0.29, 0.717) is 19.3 Å². The Morgan fingerprint density at radius 3 is 1.61 bits per heavy atom. The largest absolute Gasteiger partial charge is 0.438 e. The summed E-state index contributed by atoms with van der Waals surface area (Å²) in [6.45, 7) is 1.76. The first-order chi connectivity index (χ1) is 10.1. The van der Waals surface area contributed by atoms with Crippen LogP contribution in [-0.4, -0.2) is 36.0 Å². The summed E-state index contributed by atoms with van der Waals surface area (Å²) >= 11 is 0. The van der Waals surface area contributed by atoms with Crippen LogP contribution < -0.4 is 0 Å². The smallest absolute Gasteiger partial charge is 0.281 e. The van der Waals surface area contributed by atoms with Gasteiger partial charge in [0, 0.05) is 6.42 Å². The molecule has 3 nitrogen and oxygen atoms in total. The van der Waals surface area contributed by atoms with Crippen molar-refractivity contribution in [3.8, 4) is 0 Å². The lowest BCUT2D eigenvalue weighted by atomic mass is 9.98. The second kappa shape index (κ2) is 7.08. The zero-order valence-electron chi connectivity index (χ0n) is 11.9. The standard InChI is InChI=1S/C11H16F8O3S/c1-2-3-4-5-6-7-8(12,13)9(14,15)10(16,17)11(18,19)23(20,21)22/h2-7H2,1H3,(H,20,21,22). The molecule has 0 bridgehead atoms. The molecule has 0 aliphatic carbocycles. The van der Waals surface area contributed by atoms with Gasteiger partial charge in [-0.1, -0.05) is 32.6 Å². The van der Waals surface area contributed by atoms with Crippen LogP contribution in [0, 0.1) is 0 Å². The molecule has 0 aromatic carbocycles. The van der Waals surface area contributed by atoms with E-state index >= 15 is 0 Å². The maximum absolute atomic E-state index is 13.3. The molecule has 140 valence electrons. The maximum atomic E-state index is 13.3. The summed E-state index contributed by atoms with van der Waals surface area (Å²) in [5.41, 5.74) is 0. The van der Waals surface area contributed by atoms with Gasteiger partial charge in [0.15, 0.2) is 0 Å². The molecule has 1 N–H and O–H groups in total. The maximum Gasteiger partial charge on any atom is 0.438 e. The third-order valence-electron chi connectivity index (χ3n) is 3.14. The van der Waals surface area contributed by atoms with Crippen molar-refractivity contribution >= 4 is 10.1 Å². The van der Waals surface area contributed by atoms with Gasteiger partial charge in [-0.05, 0) is 6.42 Å². The van der Waals surface area contributed by atoms with E-state index in [-0.39, 0.29) is 6.42 Å². The number of rotatable bonds is 10. The highest BCUT2D eigenvalue weighted by Gasteiger charge is 2.84. The summed E-state index contributed by atoms with van der Waals surface area (Å²) in [6.07, 6.45) is -0.864. The van der Waals surface area contributed by atoms with Crippen molar-refractivity contribution < 1.29 is 48.1 Å². The van der Waals surface area contributed by atoms with Crippen molar-refractivity contribution in [1.29, 1.82) is 0 Å². The van der Waals surface area contributed by atoms with Crippen molar-refractivity contribution in [1.82, 2.24) is 0 Å². The lowest BCUT2D eigenvalue weighted by Crippen LogP contribution is -2.64. The van der Waals surface area contributed by atoms with Gasteiger partial charge in [0.05, 0.1) is 0 Å². The highest BCUT2D eigenvalue weighted by atomic mass is 32.2. The predicted molar refractivity (Wildman–Crippen MR) is 64.7 cm³/mol. The van der Waals surface area contributed by atoms with Gasteiger partial charge in [-0.25, -0.2) is 0 Å². The Bertz CT molecular complexity index is 490. The molecule has 0 heterocycles. The van der Waals surface area contributed by atoms with Crippen molar-refractivity contribution in [3.05, 3.63) is 0 Å². The van der Waals surface area contributed by atoms with Crippen LogP contribution in [0.4, 0.5) is 35.1 Å². The van der Waals surface area contributed by atoms with Gasteiger partial charge in [-0.15, -0.1) is 0 Å². The minimum absolute atomic E-state index is 0.0141. The molecular formula is C11H16F8O3S. The second-order valence-corrected chi connectivity index (χ2v) is 6.47. The van der Waals surface area contributed by atoms with Crippen LogP contribution in [0.3, 0.4) is 0 Å². The average Bonchev–Trinajstić information content (AvgIpc) is 2.36. The van der Waals surface area contributed by atoms with E-state index in [4.69, 9.17) is 4.55 Å². The third-order valence-corrected chi connectivity index (χ3v) is 4.04. The SMILES string of the molecule is CCCCCCCC(F)(F)C(F)(F)C(F)(F)C(F)(F)S(=O)(=O)O. The number of unbranched alkanes of at least 4 members (excludes halogenated alkanes) is 4. The summed E-state index contributed by atoms with van der Waals surface area (Å²) in [7, 11) is -7.03. The Labute approximate surface area is 127 Å². The van der Waals surface area contributed by atoms with Crippen LogP contribution in [0.15, 0.2) is 0 Å². The second-order valence-electron chi connectivity index (χ2n) is 5.01. The molecule has 0 saturated heterocycles. The predicted octanol–water partition coefficient (Wildman–Crippen LogP) is 4.73. The first-order valence-electron chi connectivity index (χ1n) is 6.54. The van der Waals surface area contributed by atoms with Gasteiger partial charge in [-0.3, -0.25) is 4.55 Å². The lowest BCUT2D eigenvalue weighted by Gasteiger charge is -2.35. The molecule has 0 aliphatic rings. The van der Waals surface area contributed by atoms with Crippen molar-refractivity contribution in [3.63, 3.8) is 0 Å². The van der Waals surface area contributed by atoms with Crippen LogP contribution in [0.2, 0.25) is 0 Å². The molecule has 0 unspecified atom stereocenters. The van der Waals surface area contributed by atoms with Crippen molar-refractivity contribution in [2.24, 2.45) is 0 Å². The van der Waals surface area contributed by atoms with E-state index in [0.717, 1.165) is 0 Å². The first-order valence-corrected chi connectivity index (χ1v) is 7.98.